The van der Waals surface area contributed by atoms with E-state index < -0.39 is 5.97 Å². The molecule has 0 fully saturated rings. The van der Waals surface area contributed by atoms with Gasteiger partial charge >= 0.3 is 5.97 Å². The van der Waals surface area contributed by atoms with Crippen LogP contribution < -0.4 is 4.74 Å². The molecule has 0 aliphatic rings. The molecule has 0 unspecified atom stereocenters. The SMILES string of the molecule is CCCCCC#CC(=O)Oc1cccc2occc12. The molecule has 2 aromatic rings. The maximum atomic E-state index is 11.6. The van der Waals surface area contributed by atoms with Crippen molar-refractivity contribution in [3.8, 4) is 17.6 Å². The Labute approximate surface area is 112 Å². The molecule has 0 amide bonds. The van der Waals surface area contributed by atoms with Crippen LogP contribution in [0.5, 0.6) is 5.75 Å². The van der Waals surface area contributed by atoms with Gasteiger partial charge < -0.3 is 9.15 Å². The van der Waals surface area contributed by atoms with Crippen molar-refractivity contribution in [2.75, 3.05) is 0 Å². The fraction of sp³-hybridized carbons (Fsp3) is 0.312. The van der Waals surface area contributed by atoms with Crippen molar-refractivity contribution in [3.05, 3.63) is 30.5 Å². The lowest BCUT2D eigenvalue weighted by Gasteiger charge is -2.00. The number of furan rings is 1. The molecule has 1 heterocycles. The highest BCUT2D eigenvalue weighted by Crippen LogP contribution is 2.26. The van der Waals surface area contributed by atoms with Gasteiger partial charge in [-0.2, -0.15) is 0 Å². The Morgan fingerprint density at radius 3 is 3.05 bits per heavy atom. The summed E-state index contributed by atoms with van der Waals surface area (Å²) in [6, 6.07) is 7.10. The molecule has 0 spiro atoms. The second-order valence-corrected chi connectivity index (χ2v) is 4.24. The number of benzene rings is 1. The van der Waals surface area contributed by atoms with Gasteiger partial charge in [0.15, 0.2) is 0 Å². The van der Waals surface area contributed by atoms with Gasteiger partial charge in [0.25, 0.3) is 0 Å². The highest BCUT2D eigenvalue weighted by molar-refractivity contribution is 5.93. The quantitative estimate of drug-likeness (QED) is 0.273. The monoisotopic (exact) mass is 256 g/mol. The first kappa shape index (κ1) is 13.2. The van der Waals surface area contributed by atoms with E-state index >= 15 is 0 Å². The maximum Gasteiger partial charge on any atom is 0.389 e. The van der Waals surface area contributed by atoms with Crippen molar-refractivity contribution in [1.29, 1.82) is 0 Å². The summed E-state index contributed by atoms with van der Waals surface area (Å²) in [5.74, 6) is 5.30. The average molecular weight is 256 g/mol. The van der Waals surface area contributed by atoms with Crippen LogP contribution >= 0.6 is 0 Å². The van der Waals surface area contributed by atoms with E-state index in [4.69, 9.17) is 9.15 Å². The fourth-order valence-electron chi connectivity index (χ4n) is 1.78. The normalized spacial score (nSPS) is 9.95. The van der Waals surface area contributed by atoms with Crippen LogP contribution in [0.25, 0.3) is 11.0 Å². The Hall–Kier alpha value is -2.21. The van der Waals surface area contributed by atoms with Crippen molar-refractivity contribution < 1.29 is 13.9 Å². The third kappa shape index (κ3) is 3.62. The smallest absolute Gasteiger partial charge is 0.389 e. The van der Waals surface area contributed by atoms with Gasteiger partial charge in [-0.15, -0.1) is 0 Å². The van der Waals surface area contributed by atoms with E-state index in [0.29, 0.717) is 11.3 Å². The molecule has 3 heteroatoms. The van der Waals surface area contributed by atoms with E-state index in [-0.39, 0.29) is 0 Å². The van der Waals surface area contributed by atoms with Gasteiger partial charge in [0.05, 0.1) is 11.6 Å². The Morgan fingerprint density at radius 2 is 2.21 bits per heavy atom. The van der Waals surface area contributed by atoms with E-state index in [1.807, 2.05) is 6.07 Å². The second-order valence-electron chi connectivity index (χ2n) is 4.24. The van der Waals surface area contributed by atoms with Crippen molar-refractivity contribution in [2.24, 2.45) is 0 Å². The molecular weight excluding hydrogens is 240 g/mol. The lowest BCUT2D eigenvalue weighted by molar-refractivity contribution is -0.127. The number of hydrogen-bond donors (Lipinski definition) is 0. The number of carbonyl (C=O) groups is 1. The van der Waals surface area contributed by atoms with E-state index in [0.717, 1.165) is 31.1 Å². The first-order valence-electron chi connectivity index (χ1n) is 6.48. The molecule has 0 atom stereocenters. The first-order valence-corrected chi connectivity index (χ1v) is 6.48. The Morgan fingerprint density at radius 1 is 1.32 bits per heavy atom. The predicted molar refractivity (Wildman–Crippen MR) is 73.8 cm³/mol. The molecule has 1 aromatic carbocycles. The van der Waals surface area contributed by atoms with E-state index in [2.05, 4.69) is 18.8 Å². The molecule has 0 saturated heterocycles. The number of ether oxygens (including phenoxy) is 1. The lowest BCUT2D eigenvalue weighted by Crippen LogP contribution is -2.04. The summed E-state index contributed by atoms with van der Waals surface area (Å²) in [4.78, 5) is 11.6. The Kier molecular flexibility index (Phi) is 4.63. The first-order chi connectivity index (χ1) is 9.31. The van der Waals surface area contributed by atoms with E-state index in [1.165, 1.54) is 0 Å². The van der Waals surface area contributed by atoms with Gasteiger partial charge in [0, 0.05) is 12.3 Å². The molecular formula is C16H16O3. The summed E-state index contributed by atoms with van der Waals surface area (Å²) < 4.78 is 10.5. The van der Waals surface area contributed by atoms with Crippen LogP contribution in [-0.2, 0) is 4.79 Å². The van der Waals surface area contributed by atoms with E-state index in [1.54, 1.807) is 24.5 Å². The van der Waals surface area contributed by atoms with Gasteiger partial charge in [0.1, 0.15) is 11.3 Å². The second kappa shape index (κ2) is 6.65. The zero-order valence-electron chi connectivity index (χ0n) is 10.9. The molecule has 0 N–H and O–H groups in total. The zero-order valence-corrected chi connectivity index (χ0v) is 10.9. The van der Waals surface area contributed by atoms with Crippen LogP contribution in [0.2, 0.25) is 0 Å². The molecule has 3 nitrogen and oxygen atoms in total. The molecule has 2 rings (SSSR count). The van der Waals surface area contributed by atoms with E-state index in [9.17, 15) is 4.79 Å². The lowest BCUT2D eigenvalue weighted by atomic mass is 10.2. The number of carbonyl (C=O) groups excluding carboxylic acids is 1. The summed E-state index contributed by atoms with van der Waals surface area (Å²) >= 11 is 0. The fourth-order valence-corrected chi connectivity index (χ4v) is 1.78. The molecule has 19 heavy (non-hydrogen) atoms. The van der Waals surface area contributed by atoms with Crippen molar-refractivity contribution >= 4 is 16.9 Å². The largest absolute Gasteiger partial charge is 0.464 e. The molecule has 1 aromatic heterocycles. The Balaban J connectivity index is 1.97. The molecule has 0 aliphatic heterocycles. The van der Waals surface area contributed by atoms with Crippen LogP contribution in [-0.4, -0.2) is 5.97 Å². The summed E-state index contributed by atoms with van der Waals surface area (Å²) in [5, 5.41) is 0.781. The number of fused-ring (bicyclic) bond motifs is 1. The van der Waals surface area contributed by atoms with Crippen LogP contribution in [0.15, 0.2) is 34.9 Å². The van der Waals surface area contributed by atoms with Gasteiger partial charge in [-0.3, -0.25) is 0 Å². The molecule has 0 saturated carbocycles. The topological polar surface area (TPSA) is 39.4 Å². The highest BCUT2D eigenvalue weighted by atomic mass is 16.5. The zero-order chi connectivity index (χ0) is 13.5. The summed E-state index contributed by atoms with van der Waals surface area (Å²) in [6.07, 6.45) is 5.61. The van der Waals surface area contributed by atoms with Crippen molar-refractivity contribution in [3.63, 3.8) is 0 Å². The third-order valence-electron chi connectivity index (χ3n) is 2.75. The Bertz CT molecular complexity index is 613. The summed E-state index contributed by atoms with van der Waals surface area (Å²) in [5.41, 5.74) is 0.696. The van der Waals surface area contributed by atoms with Gasteiger partial charge in [-0.05, 0) is 24.6 Å². The average Bonchev–Trinajstić information content (AvgIpc) is 2.88. The number of unbranched alkanes of at least 4 members (excludes halogenated alkanes) is 3. The minimum atomic E-state index is -0.523. The van der Waals surface area contributed by atoms with Crippen LogP contribution in [0.4, 0.5) is 0 Å². The van der Waals surface area contributed by atoms with Crippen molar-refractivity contribution in [2.45, 2.75) is 32.6 Å². The standard InChI is InChI=1S/C16H16O3/c1-2-3-4-5-6-10-16(17)19-15-9-7-8-14-13(15)11-12-18-14/h7-9,11-12H,2-5H2,1H3. The molecule has 0 aliphatic carbocycles. The summed E-state index contributed by atoms with van der Waals surface area (Å²) in [7, 11) is 0. The van der Waals surface area contributed by atoms with Gasteiger partial charge in [0.2, 0.25) is 0 Å². The number of hydrogen-bond acceptors (Lipinski definition) is 3. The maximum absolute atomic E-state index is 11.6. The van der Waals surface area contributed by atoms with Crippen LogP contribution in [0.3, 0.4) is 0 Å². The molecule has 98 valence electrons. The predicted octanol–water partition coefficient (Wildman–Crippen LogP) is 3.92. The highest BCUT2D eigenvalue weighted by Gasteiger charge is 2.07. The van der Waals surface area contributed by atoms with Crippen LogP contribution in [0.1, 0.15) is 32.6 Å². The minimum Gasteiger partial charge on any atom is -0.464 e. The molecule has 0 radical (unpaired) electrons. The van der Waals surface area contributed by atoms with Crippen LogP contribution in [0, 0.1) is 11.8 Å². The third-order valence-corrected chi connectivity index (χ3v) is 2.75. The van der Waals surface area contributed by atoms with Crippen molar-refractivity contribution in [1.82, 2.24) is 0 Å². The minimum absolute atomic E-state index is 0.485. The van der Waals surface area contributed by atoms with Gasteiger partial charge in [-0.1, -0.05) is 31.8 Å². The van der Waals surface area contributed by atoms with Gasteiger partial charge in [-0.25, -0.2) is 4.79 Å². The number of esters is 1. The number of rotatable bonds is 4. The molecule has 0 bridgehead atoms. The summed E-state index contributed by atoms with van der Waals surface area (Å²) in [6.45, 7) is 2.13.